The number of likely N-dealkylation sites (tertiary alicyclic amines) is 1. The molecule has 0 spiro atoms. The van der Waals surface area contributed by atoms with Crippen LogP contribution in [0.25, 0.3) is 0 Å². The summed E-state index contributed by atoms with van der Waals surface area (Å²) >= 11 is 0. The Morgan fingerprint density at radius 2 is 2.04 bits per heavy atom. The number of hydrogen-bond donors (Lipinski definition) is 2. The van der Waals surface area contributed by atoms with Crippen molar-refractivity contribution in [2.24, 2.45) is 4.99 Å². The minimum Gasteiger partial charge on any atom is -0.357 e. The molecule has 0 saturated carbocycles. The Balaban J connectivity index is 0.00000338. The summed E-state index contributed by atoms with van der Waals surface area (Å²) in [4.78, 5) is 22.7. The minimum atomic E-state index is 0. The molecule has 0 unspecified atom stereocenters. The van der Waals surface area contributed by atoms with E-state index in [0.717, 1.165) is 57.7 Å². The molecule has 26 heavy (non-hydrogen) atoms. The molecule has 0 radical (unpaired) electrons. The van der Waals surface area contributed by atoms with Crippen LogP contribution in [0.2, 0.25) is 0 Å². The van der Waals surface area contributed by atoms with Gasteiger partial charge in [-0.2, -0.15) is 4.98 Å². The number of carbonyl (C=O) groups is 1. The molecule has 148 valence electrons. The Morgan fingerprint density at radius 3 is 2.65 bits per heavy atom. The van der Waals surface area contributed by atoms with E-state index in [4.69, 9.17) is 4.52 Å². The van der Waals surface area contributed by atoms with Crippen LogP contribution in [0.4, 0.5) is 0 Å². The first-order chi connectivity index (χ1) is 12.1. The Labute approximate surface area is 172 Å². The molecule has 0 atom stereocenters. The molecule has 2 heterocycles. The lowest BCUT2D eigenvalue weighted by Gasteiger charge is -2.15. The maximum atomic E-state index is 12.1. The van der Waals surface area contributed by atoms with Gasteiger partial charge in [0.2, 0.25) is 11.8 Å². The molecule has 1 aliphatic heterocycles. The van der Waals surface area contributed by atoms with Gasteiger partial charge in [0.05, 0.1) is 0 Å². The summed E-state index contributed by atoms with van der Waals surface area (Å²) in [6.07, 6.45) is 3.77. The molecule has 2 rings (SSSR count). The number of halogens is 1. The summed E-state index contributed by atoms with van der Waals surface area (Å²) in [5.41, 5.74) is 0. The molecule has 0 bridgehead atoms. The van der Waals surface area contributed by atoms with E-state index in [0.29, 0.717) is 11.9 Å². The Morgan fingerprint density at radius 1 is 1.31 bits per heavy atom. The Hall–Kier alpha value is -1.39. The van der Waals surface area contributed by atoms with E-state index in [1.54, 1.807) is 0 Å². The molecule has 8 nitrogen and oxygen atoms in total. The van der Waals surface area contributed by atoms with Gasteiger partial charge in [0.25, 0.3) is 0 Å². The van der Waals surface area contributed by atoms with Crippen LogP contribution in [-0.4, -0.2) is 59.6 Å². The van der Waals surface area contributed by atoms with Gasteiger partial charge >= 0.3 is 0 Å². The number of aryl methyl sites for hydroxylation is 1. The molecule has 9 heteroatoms. The van der Waals surface area contributed by atoms with E-state index in [1.165, 1.54) is 0 Å². The van der Waals surface area contributed by atoms with Crippen LogP contribution in [0.15, 0.2) is 9.52 Å². The van der Waals surface area contributed by atoms with Gasteiger partial charge in [-0.3, -0.25) is 4.79 Å². The average Bonchev–Trinajstić information content (AvgIpc) is 3.27. The highest BCUT2D eigenvalue weighted by Crippen LogP contribution is 2.10. The van der Waals surface area contributed by atoms with Crippen molar-refractivity contribution in [3.8, 4) is 0 Å². The summed E-state index contributed by atoms with van der Waals surface area (Å²) in [6, 6.07) is 0. The minimum absolute atomic E-state index is 0. The topological polar surface area (TPSA) is 95.7 Å². The van der Waals surface area contributed by atoms with Crippen molar-refractivity contribution in [3.63, 3.8) is 0 Å². The van der Waals surface area contributed by atoms with E-state index in [2.05, 4.69) is 25.8 Å². The number of carbonyl (C=O) groups excluding carboxylic acids is 1. The summed E-state index contributed by atoms with van der Waals surface area (Å²) < 4.78 is 5.23. The van der Waals surface area contributed by atoms with E-state index in [9.17, 15) is 4.79 Å². The number of aromatic nitrogens is 2. The van der Waals surface area contributed by atoms with E-state index in [-0.39, 0.29) is 42.3 Å². The first-order valence-electron chi connectivity index (χ1n) is 9.22. The van der Waals surface area contributed by atoms with Crippen LogP contribution < -0.4 is 10.6 Å². The molecular formula is C17H31IN6O2. The number of aliphatic imine (C=N–C) groups is 1. The lowest BCUT2D eigenvalue weighted by Crippen LogP contribution is -2.39. The number of guanidine groups is 1. The normalized spacial score (nSPS) is 14.5. The molecule has 1 fully saturated rings. The zero-order chi connectivity index (χ0) is 18.1. The molecule has 2 N–H and O–H groups in total. The van der Waals surface area contributed by atoms with Crippen molar-refractivity contribution < 1.29 is 9.32 Å². The highest BCUT2D eigenvalue weighted by Gasteiger charge is 2.17. The molecule has 1 aromatic rings. The zero-order valence-corrected chi connectivity index (χ0v) is 18.3. The fourth-order valence-electron chi connectivity index (χ4n) is 2.61. The van der Waals surface area contributed by atoms with Crippen LogP contribution in [0.3, 0.4) is 0 Å². The maximum Gasteiger partial charge on any atom is 0.244 e. The fourth-order valence-corrected chi connectivity index (χ4v) is 2.61. The third-order valence-electron chi connectivity index (χ3n) is 4.04. The SMILES string of the molecule is CCNC(=NCC(=O)N1CCCC1)NCCCc1nc(C(C)C)no1.I. The van der Waals surface area contributed by atoms with E-state index >= 15 is 0 Å². The molecule has 0 aliphatic carbocycles. The lowest BCUT2D eigenvalue weighted by atomic mass is 10.2. The van der Waals surface area contributed by atoms with Crippen LogP contribution >= 0.6 is 24.0 Å². The Bertz CT molecular complexity index is 569. The van der Waals surface area contributed by atoms with Crippen molar-refractivity contribution in [1.29, 1.82) is 0 Å². The van der Waals surface area contributed by atoms with E-state index in [1.807, 2.05) is 25.7 Å². The predicted molar refractivity (Wildman–Crippen MR) is 112 cm³/mol. The van der Waals surface area contributed by atoms with Crippen LogP contribution in [0.1, 0.15) is 57.7 Å². The van der Waals surface area contributed by atoms with Crippen LogP contribution in [-0.2, 0) is 11.2 Å². The maximum absolute atomic E-state index is 12.1. The van der Waals surface area contributed by atoms with Gasteiger partial charge in [0.15, 0.2) is 11.8 Å². The van der Waals surface area contributed by atoms with Gasteiger partial charge in [0.1, 0.15) is 6.54 Å². The first-order valence-corrected chi connectivity index (χ1v) is 9.22. The summed E-state index contributed by atoms with van der Waals surface area (Å²) in [6.45, 7) is 9.48. The van der Waals surface area contributed by atoms with Crippen molar-refractivity contribution in [3.05, 3.63) is 11.7 Å². The van der Waals surface area contributed by atoms with Gasteiger partial charge in [-0.1, -0.05) is 19.0 Å². The molecule has 1 saturated heterocycles. The number of hydrogen-bond acceptors (Lipinski definition) is 5. The van der Waals surface area contributed by atoms with Gasteiger partial charge < -0.3 is 20.1 Å². The monoisotopic (exact) mass is 478 g/mol. The van der Waals surface area contributed by atoms with E-state index < -0.39 is 0 Å². The third-order valence-corrected chi connectivity index (χ3v) is 4.04. The highest BCUT2D eigenvalue weighted by molar-refractivity contribution is 14.0. The second kappa shape index (κ2) is 12.1. The summed E-state index contributed by atoms with van der Waals surface area (Å²) in [5.74, 6) is 2.46. The van der Waals surface area contributed by atoms with Gasteiger partial charge in [-0.25, -0.2) is 4.99 Å². The molecule has 1 amide bonds. The number of amides is 1. The summed E-state index contributed by atoms with van der Waals surface area (Å²) in [5, 5.41) is 10.4. The first kappa shape index (κ1) is 22.7. The number of nitrogens with zero attached hydrogens (tertiary/aromatic N) is 4. The molecule has 1 aliphatic rings. The number of rotatable bonds is 8. The molecule has 1 aromatic heterocycles. The zero-order valence-electron chi connectivity index (χ0n) is 16.0. The summed E-state index contributed by atoms with van der Waals surface area (Å²) in [7, 11) is 0. The van der Waals surface area contributed by atoms with Crippen LogP contribution in [0, 0.1) is 0 Å². The van der Waals surface area contributed by atoms with Gasteiger partial charge in [0, 0.05) is 38.5 Å². The predicted octanol–water partition coefficient (Wildman–Crippen LogP) is 1.92. The van der Waals surface area contributed by atoms with Gasteiger partial charge in [-0.15, -0.1) is 24.0 Å². The quantitative estimate of drug-likeness (QED) is 0.257. The van der Waals surface area contributed by atoms with Crippen molar-refractivity contribution >= 4 is 35.8 Å². The lowest BCUT2D eigenvalue weighted by molar-refractivity contribution is -0.128. The van der Waals surface area contributed by atoms with Crippen LogP contribution in [0.5, 0.6) is 0 Å². The smallest absolute Gasteiger partial charge is 0.244 e. The second-order valence-corrected chi connectivity index (χ2v) is 6.51. The van der Waals surface area contributed by atoms with Crippen molar-refractivity contribution in [2.75, 3.05) is 32.7 Å². The van der Waals surface area contributed by atoms with Gasteiger partial charge in [-0.05, 0) is 26.2 Å². The fraction of sp³-hybridized carbons (Fsp3) is 0.765. The Kier molecular flexibility index (Phi) is 10.5. The standard InChI is InChI=1S/C17H30N6O2.HI/c1-4-18-17(20-12-15(24)23-10-5-6-11-23)19-9-7-8-14-21-16(13(2)3)22-25-14;/h13H,4-12H2,1-3H3,(H2,18,19,20);1H. The second-order valence-electron chi connectivity index (χ2n) is 6.51. The highest BCUT2D eigenvalue weighted by atomic mass is 127. The number of nitrogens with one attached hydrogen (secondary N) is 2. The molecule has 0 aromatic carbocycles. The molecular weight excluding hydrogens is 447 g/mol. The average molecular weight is 478 g/mol. The van der Waals surface area contributed by atoms with Crippen molar-refractivity contribution in [2.45, 2.75) is 52.4 Å². The largest absolute Gasteiger partial charge is 0.357 e. The third kappa shape index (κ3) is 7.46. The van der Waals surface area contributed by atoms with Crippen molar-refractivity contribution in [1.82, 2.24) is 25.7 Å².